The van der Waals surface area contributed by atoms with E-state index in [1.807, 2.05) is 0 Å². The van der Waals surface area contributed by atoms with E-state index in [-0.39, 0.29) is 87.7 Å². The van der Waals surface area contributed by atoms with Gasteiger partial charge in [0.15, 0.2) is 46.8 Å². The summed E-state index contributed by atoms with van der Waals surface area (Å²) in [6.45, 7) is 2.53. The Balaban J connectivity index is 2.46. The van der Waals surface area contributed by atoms with Crippen LogP contribution in [0.3, 0.4) is 0 Å². The number of primary amides is 1. The molecule has 0 radical (unpaired) electrons. The summed E-state index contributed by atoms with van der Waals surface area (Å²) in [5.41, 5.74) is 19.9. The van der Waals surface area contributed by atoms with Gasteiger partial charge in [0.1, 0.15) is 42.3 Å². The number of thioether (sulfide) groups is 1. The van der Waals surface area contributed by atoms with Gasteiger partial charge < -0.3 is 81.2 Å². The average Bonchev–Trinajstić information content (AvgIpc) is 3.60. The summed E-state index contributed by atoms with van der Waals surface area (Å²) < 4.78 is 69.6. The third kappa shape index (κ3) is 24.6. The molecule has 452 valence electrons. The molecule has 7 unspecified atom stereocenters. The Labute approximate surface area is 470 Å². The summed E-state index contributed by atoms with van der Waals surface area (Å²) in [4.78, 5) is 120. The molecule has 0 aliphatic carbocycles. The molecule has 8 amide bonds. The molecule has 0 aliphatic heterocycles. The summed E-state index contributed by atoms with van der Waals surface area (Å²) in [7, 11) is 0. The number of hydrogen-bond acceptors (Lipinski definition) is 15. The fourth-order valence-corrected chi connectivity index (χ4v) is 7.71. The third-order valence-electron chi connectivity index (χ3n) is 11.4. The number of halogens is 5. The molecule has 35 heteroatoms. The van der Waals surface area contributed by atoms with Gasteiger partial charge in [-0.25, -0.2) is 22.0 Å². The molecule has 2 rings (SSSR count). The smallest absolute Gasteiger partial charge is 0.305 e. The van der Waals surface area contributed by atoms with Crippen molar-refractivity contribution in [2.24, 2.45) is 33.2 Å². The van der Waals surface area contributed by atoms with Gasteiger partial charge in [0.05, 0.1) is 12.1 Å². The molecule has 0 bridgehead atoms. The van der Waals surface area contributed by atoms with Crippen molar-refractivity contribution in [2.45, 2.75) is 114 Å². The van der Waals surface area contributed by atoms with Crippen molar-refractivity contribution in [3.63, 3.8) is 0 Å². The van der Waals surface area contributed by atoms with Crippen molar-refractivity contribution in [1.82, 2.24) is 53.2 Å². The van der Waals surface area contributed by atoms with E-state index in [0.717, 1.165) is 26.0 Å². The van der Waals surface area contributed by atoms with Crippen LogP contribution in [0.1, 0.15) is 70.8 Å². The van der Waals surface area contributed by atoms with Crippen molar-refractivity contribution in [3.05, 3.63) is 58.9 Å². The van der Waals surface area contributed by atoms with E-state index >= 15 is 0 Å². The van der Waals surface area contributed by atoms with E-state index in [2.05, 4.69) is 63.4 Å². The second-order valence-electron chi connectivity index (χ2n) is 18.0. The quantitative estimate of drug-likeness (QED) is 0.00694. The van der Waals surface area contributed by atoms with Gasteiger partial charge in [0, 0.05) is 33.0 Å². The molecule has 0 fully saturated rings. The highest BCUT2D eigenvalue weighted by Crippen LogP contribution is 2.31. The van der Waals surface area contributed by atoms with Crippen molar-refractivity contribution >= 4 is 94.2 Å². The number of aliphatic carboxylic acids is 1. The molecule has 29 nitrogen and oxygen atoms in total. The summed E-state index contributed by atoms with van der Waals surface area (Å²) in [6, 6.07) is -5.80. The van der Waals surface area contributed by atoms with Crippen molar-refractivity contribution in [1.29, 1.82) is 16.2 Å². The van der Waals surface area contributed by atoms with Crippen LogP contribution in [0.4, 0.5) is 33.3 Å². The van der Waals surface area contributed by atoms with Crippen LogP contribution in [0.25, 0.3) is 0 Å². The Hall–Kier alpha value is -8.92. The molecule has 2 aromatic carbocycles. The van der Waals surface area contributed by atoms with Crippen LogP contribution in [0.15, 0.2) is 34.5 Å². The van der Waals surface area contributed by atoms with Gasteiger partial charge in [-0.05, 0) is 81.6 Å². The van der Waals surface area contributed by atoms with Crippen LogP contribution in [0.5, 0.6) is 0 Å². The number of azo groups is 1. The molecule has 2 aromatic rings. The van der Waals surface area contributed by atoms with Crippen LogP contribution >= 0.6 is 11.8 Å². The fourth-order valence-electron chi connectivity index (χ4n) is 7.24. The lowest BCUT2D eigenvalue weighted by Gasteiger charge is -2.27. The molecule has 0 saturated carbocycles. The SMILES string of the molecule is CSCCC(NC(=O)C(CCCNC(=N)N)NC(=O)C(C)NC(=O)C(CC(=O)O)NC(=O)C(Cc1ccc(/N=N/c2c(F)c(F)c(F)c(F)c2F)cc1)NC(=O)C(CCCNC(=N)N)NC(C)=O)C(=O)NC(CCCNC(=N)N)C(N)=O. The first kappa shape index (κ1) is 69.2. The number of nitrogens with zero attached hydrogens (tertiary/aromatic N) is 2. The topological polar surface area (TPSA) is 495 Å². The monoisotopic (exact) mass is 1190 g/mol. The van der Waals surface area contributed by atoms with Gasteiger partial charge >= 0.3 is 5.97 Å². The molecule has 0 saturated heterocycles. The number of carbonyl (C=O) groups excluding carboxylic acids is 8. The first-order valence-corrected chi connectivity index (χ1v) is 26.3. The zero-order valence-corrected chi connectivity index (χ0v) is 45.5. The Bertz CT molecular complexity index is 2650. The second kappa shape index (κ2) is 34.9. The van der Waals surface area contributed by atoms with E-state index in [1.165, 1.54) is 23.9 Å². The van der Waals surface area contributed by atoms with Gasteiger partial charge in [-0.15, -0.1) is 5.11 Å². The minimum atomic E-state index is -2.42. The number of carboxylic acids is 1. The highest BCUT2D eigenvalue weighted by Gasteiger charge is 2.34. The van der Waals surface area contributed by atoms with Crippen LogP contribution in [0.2, 0.25) is 0 Å². The molecule has 0 heterocycles. The number of guanidine groups is 3. The van der Waals surface area contributed by atoms with Gasteiger partial charge in [-0.1, -0.05) is 12.1 Å². The predicted molar refractivity (Wildman–Crippen MR) is 287 cm³/mol. The highest BCUT2D eigenvalue weighted by molar-refractivity contribution is 7.98. The molecule has 22 N–H and O–H groups in total. The van der Waals surface area contributed by atoms with E-state index in [4.69, 9.17) is 39.2 Å². The largest absolute Gasteiger partial charge is 0.481 e. The van der Waals surface area contributed by atoms with Crippen LogP contribution in [-0.4, -0.2) is 150 Å². The summed E-state index contributed by atoms with van der Waals surface area (Å²) >= 11 is 1.32. The second-order valence-corrected chi connectivity index (χ2v) is 19.0. The van der Waals surface area contributed by atoms with Crippen molar-refractivity contribution in [3.8, 4) is 0 Å². The number of amides is 8. The lowest BCUT2D eigenvalue weighted by molar-refractivity contribution is -0.141. The number of nitrogens with two attached hydrogens (primary N) is 4. The van der Waals surface area contributed by atoms with E-state index in [1.54, 1.807) is 6.26 Å². The molecule has 7 atom stereocenters. The van der Waals surface area contributed by atoms with Crippen LogP contribution in [0, 0.1) is 45.3 Å². The summed E-state index contributed by atoms with van der Waals surface area (Å²) in [6.07, 6.45) is 0.443. The molecule has 0 aliphatic rings. The first-order chi connectivity index (χ1) is 38.6. The van der Waals surface area contributed by atoms with Gasteiger partial charge in [-0.2, -0.15) is 16.9 Å². The van der Waals surface area contributed by atoms with Crippen molar-refractivity contribution < 1.29 is 70.2 Å². The summed E-state index contributed by atoms with van der Waals surface area (Å²) in [5.74, 6) is -21.6. The Morgan fingerprint density at radius 3 is 1.38 bits per heavy atom. The minimum absolute atomic E-state index is 0.0337. The fraction of sp³-hybridized carbons (Fsp3) is 0.489. The first-order valence-electron chi connectivity index (χ1n) is 24.9. The van der Waals surface area contributed by atoms with Gasteiger partial charge in [0.2, 0.25) is 53.1 Å². The normalized spacial score (nSPS) is 13.5. The molecular weight excluding hydrogens is 1120 g/mol. The van der Waals surface area contributed by atoms with E-state index in [9.17, 15) is 70.2 Å². The van der Waals surface area contributed by atoms with Crippen molar-refractivity contribution in [2.75, 3.05) is 31.6 Å². The lowest BCUT2D eigenvalue weighted by Crippen LogP contribution is -2.60. The number of rotatable bonds is 35. The van der Waals surface area contributed by atoms with Gasteiger partial charge in [0.25, 0.3) is 0 Å². The molecule has 0 spiro atoms. The zero-order valence-electron chi connectivity index (χ0n) is 44.7. The number of carboxylic acid groups (broad SMARTS) is 1. The maximum absolute atomic E-state index is 14.2. The third-order valence-corrected chi connectivity index (χ3v) is 12.1. The number of carbonyl (C=O) groups is 9. The van der Waals surface area contributed by atoms with Crippen LogP contribution in [-0.2, 0) is 49.6 Å². The maximum Gasteiger partial charge on any atom is 0.305 e. The minimum Gasteiger partial charge on any atom is -0.481 e. The Morgan fingerprint density at radius 1 is 0.537 bits per heavy atom. The maximum atomic E-state index is 14.2. The van der Waals surface area contributed by atoms with E-state index < -0.39 is 149 Å². The number of benzene rings is 2. The Morgan fingerprint density at radius 2 is 0.927 bits per heavy atom. The average molecular weight is 1190 g/mol. The number of hydrogen-bond donors (Lipinski definition) is 18. The molecule has 0 aromatic heterocycles. The Kier molecular flexibility index (Phi) is 29.5. The zero-order chi connectivity index (χ0) is 61.8. The summed E-state index contributed by atoms with van der Waals surface area (Å²) in [5, 5.41) is 63.1. The molecular formula is C47H68F5N19O10S. The van der Waals surface area contributed by atoms with Gasteiger partial charge in [-0.3, -0.25) is 59.4 Å². The van der Waals surface area contributed by atoms with Crippen LogP contribution < -0.4 is 76.1 Å². The lowest BCUT2D eigenvalue weighted by atomic mass is 10.0. The number of nitrogens with one attached hydrogen (secondary N) is 13. The highest BCUT2D eigenvalue weighted by atomic mass is 32.2. The predicted octanol–water partition coefficient (Wildman–Crippen LogP) is -1.72. The molecule has 82 heavy (non-hydrogen) atoms. The standard InChI is InChI=1S/C47H68F5N19O10S/c1-21(39(76)66-27(9-6-17-62-47(58)59)41(78)67-28(14-18-82-3)42(79)65-25(38(53)75)7-4-15-60-45(54)55)63-43(80)30(20-31(73)74)69-44(81)29(68-40(77)26(64-22(2)72)8-5-16-61-46(56)57)19-23-10-12-24(13-11-23)70-71-37-35(51)33(49)32(48)34(50)36(37)52/h10-13,21,25-30H,4-9,14-20H2,1-3H3,(H2,53,75)(H,63,80)(H,64,72)(H,65,79)(H,66,76)(H,67,78)(H,68,77)(H,69,81)(H,73,74)(H4,54,55,60)(H4,56,57,61)(H4,58,59,62)/b71-70+. The van der Waals surface area contributed by atoms with E-state index in [0.29, 0.717) is 5.75 Å².